The van der Waals surface area contributed by atoms with Gasteiger partial charge in [-0.05, 0) is 29.3 Å². The van der Waals surface area contributed by atoms with E-state index >= 15 is 0 Å². The molecular weight excluding hydrogens is 437 g/mol. The lowest BCUT2D eigenvalue weighted by molar-refractivity contribution is -0.0586. The van der Waals surface area contributed by atoms with Gasteiger partial charge in [-0.25, -0.2) is 9.97 Å². The Labute approximate surface area is 181 Å². The zero-order chi connectivity index (χ0) is 22.9. The molecule has 0 unspecified atom stereocenters. The van der Waals surface area contributed by atoms with Crippen molar-refractivity contribution in [1.82, 2.24) is 9.97 Å². The summed E-state index contributed by atoms with van der Waals surface area (Å²) >= 11 is 5.78. The van der Waals surface area contributed by atoms with Crippen molar-refractivity contribution in [2.75, 3.05) is 31.0 Å². The molecule has 0 aliphatic carbocycles. The van der Waals surface area contributed by atoms with Crippen molar-refractivity contribution in [2.24, 2.45) is 0 Å². The van der Waals surface area contributed by atoms with E-state index in [9.17, 15) is 13.2 Å². The van der Waals surface area contributed by atoms with Gasteiger partial charge in [0.1, 0.15) is 18.1 Å². The van der Waals surface area contributed by atoms with E-state index in [1.807, 2.05) is 0 Å². The van der Waals surface area contributed by atoms with Gasteiger partial charge >= 0.3 is 6.18 Å². The standard InChI is InChI=1S/C19H20ClF3N6O2/c1-30-6-7-31-16(8-15(25)19(21,22)23)28-14-4-2-12(3-5-14)10-26-17-13(9-24)11-27-18(20)29-17/h2-5,8-9,11,24-25,28H,6-7,10H2,1H3,(H,26,27,29)/b16-8+,24-9?,25-15?. The second kappa shape index (κ2) is 11.3. The van der Waals surface area contributed by atoms with Crippen LogP contribution in [0.25, 0.3) is 0 Å². The van der Waals surface area contributed by atoms with Crippen LogP contribution < -0.4 is 10.6 Å². The number of hydrogen-bond acceptors (Lipinski definition) is 8. The van der Waals surface area contributed by atoms with Crippen LogP contribution in [-0.4, -0.2) is 48.4 Å². The summed E-state index contributed by atoms with van der Waals surface area (Å²) in [7, 11) is 1.44. The van der Waals surface area contributed by atoms with E-state index in [1.54, 1.807) is 24.3 Å². The number of anilines is 2. The number of halogens is 4. The van der Waals surface area contributed by atoms with Crippen molar-refractivity contribution in [3.63, 3.8) is 0 Å². The van der Waals surface area contributed by atoms with Crippen molar-refractivity contribution in [1.29, 1.82) is 10.8 Å². The molecule has 0 fully saturated rings. The third-order valence-corrected chi connectivity index (χ3v) is 3.93. The molecule has 1 aromatic heterocycles. The summed E-state index contributed by atoms with van der Waals surface area (Å²) in [5.74, 6) is 0.177. The Bertz CT molecular complexity index is 935. The first-order chi connectivity index (χ1) is 14.7. The van der Waals surface area contributed by atoms with E-state index in [-0.39, 0.29) is 24.4 Å². The van der Waals surface area contributed by atoms with E-state index in [0.29, 0.717) is 29.7 Å². The Balaban J connectivity index is 2.06. The lowest BCUT2D eigenvalue weighted by Crippen LogP contribution is -2.21. The molecule has 0 saturated heterocycles. The summed E-state index contributed by atoms with van der Waals surface area (Å²) in [5, 5.41) is 20.3. The number of rotatable bonds is 11. The largest absolute Gasteiger partial charge is 0.476 e. The maximum Gasteiger partial charge on any atom is 0.432 e. The van der Waals surface area contributed by atoms with Crippen LogP contribution in [0, 0.1) is 10.8 Å². The molecule has 0 saturated carbocycles. The summed E-state index contributed by atoms with van der Waals surface area (Å²) in [4.78, 5) is 7.84. The highest BCUT2D eigenvalue weighted by Crippen LogP contribution is 2.20. The number of allylic oxidation sites excluding steroid dienone is 1. The van der Waals surface area contributed by atoms with E-state index < -0.39 is 11.9 Å². The van der Waals surface area contributed by atoms with Crippen LogP contribution in [0.1, 0.15) is 11.1 Å². The van der Waals surface area contributed by atoms with Crippen molar-refractivity contribution in [3.8, 4) is 0 Å². The number of methoxy groups -OCH3 is 1. The first-order valence-corrected chi connectivity index (χ1v) is 9.22. The fraction of sp³-hybridized carbons (Fsp3) is 0.263. The van der Waals surface area contributed by atoms with Gasteiger partial charge in [0.15, 0.2) is 5.88 Å². The quantitative estimate of drug-likeness (QED) is 0.174. The molecule has 0 aliphatic heterocycles. The molecule has 0 atom stereocenters. The van der Waals surface area contributed by atoms with E-state index in [0.717, 1.165) is 11.8 Å². The van der Waals surface area contributed by atoms with Crippen LogP contribution >= 0.6 is 11.6 Å². The first kappa shape index (κ1) is 24.1. The number of aromatic nitrogens is 2. The average Bonchev–Trinajstić information content (AvgIpc) is 2.72. The Morgan fingerprint density at radius 2 is 1.94 bits per heavy atom. The summed E-state index contributed by atoms with van der Waals surface area (Å²) < 4.78 is 48.1. The fourth-order valence-electron chi connectivity index (χ4n) is 2.21. The minimum atomic E-state index is -4.79. The molecule has 166 valence electrons. The topological polar surface area (TPSA) is 116 Å². The maximum atomic E-state index is 12.7. The number of ether oxygens (including phenoxy) is 2. The van der Waals surface area contributed by atoms with Crippen LogP contribution in [0.2, 0.25) is 5.28 Å². The SMILES string of the molecule is COCCO/C(=C/C(=N)C(F)(F)F)Nc1ccc(CNc2nc(Cl)ncc2C=N)cc1. The van der Waals surface area contributed by atoms with Gasteiger partial charge in [0, 0.05) is 37.8 Å². The third kappa shape index (κ3) is 7.87. The Kier molecular flexibility index (Phi) is 8.76. The van der Waals surface area contributed by atoms with E-state index in [2.05, 4.69) is 20.6 Å². The highest BCUT2D eigenvalue weighted by molar-refractivity contribution is 6.28. The zero-order valence-corrected chi connectivity index (χ0v) is 17.1. The molecule has 2 rings (SSSR count). The monoisotopic (exact) mass is 456 g/mol. The number of nitrogens with zero attached hydrogens (tertiary/aromatic N) is 2. The Hall–Kier alpha value is -3.18. The molecule has 12 heteroatoms. The lowest BCUT2D eigenvalue weighted by Gasteiger charge is -2.14. The van der Waals surface area contributed by atoms with Crippen molar-refractivity contribution < 1.29 is 22.6 Å². The molecule has 4 N–H and O–H groups in total. The first-order valence-electron chi connectivity index (χ1n) is 8.85. The third-order valence-electron chi connectivity index (χ3n) is 3.75. The summed E-state index contributed by atoms with van der Waals surface area (Å²) in [6, 6.07) is 6.77. The molecule has 2 aromatic rings. The molecule has 0 radical (unpaired) electrons. The Morgan fingerprint density at radius 1 is 1.23 bits per heavy atom. The van der Waals surface area contributed by atoms with Crippen molar-refractivity contribution in [2.45, 2.75) is 12.7 Å². The molecule has 1 aromatic carbocycles. The van der Waals surface area contributed by atoms with Crippen molar-refractivity contribution >= 4 is 35.0 Å². The van der Waals surface area contributed by atoms with Crippen LogP contribution in [0.15, 0.2) is 42.4 Å². The summed E-state index contributed by atoms with van der Waals surface area (Å²) in [6.07, 6.45) is -1.69. The molecule has 31 heavy (non-hydrogen) atoms. The van der Waals surface area contributed by atoms with Gasteiger partial charge in [0.2, 0.25) is 5.28 Å². The molecule has 8 nitrogen and oxygen atoms in total. The summed E-state index contributed by atoms with van der Waals surface area (Å²) in [6.45, 7) is 0.549. The molecule has 0 amide bonds. The van der Waals surface area contributed by atoms with E-state index in [4.69, 9.17) is 31.9 Å². The normalized spacial score (nSPS) is 11.7. The van der Waals surface area contributed by atoms with Crippen LogP contribution in [0.3, 0.4) is 0 Å². The highest BCUT2D eigenvalue weighted by atomic mass is 35.5. The predicted octanol–water partition coefficient (Wildman–Crippen LogP) is 4.24. The predicted molar refractivity (Wildman–Crippen MR) is 112 cm³/mol. The second-order valence-corrected chi connectivity index (χ2v) is 6.36. The molecule has 0 spiro atoms. The van der Waals surface area contributed by atoms with Crippen LogP contribution in [-0.2, 0) is 16.0 Å². The van der Waals surface area contributed by atoms with Crippen molar-refractivity contribution in [3.05, 3.63) is 58.8 Å². The Morgan fingerprint density at radius 3 is 2.55 bits per heavy atom. The number of hydrogen-bond donors (Lipinski definition) is 4. The van der Waals surface area contributed by atoms with Gasteiger partial charge < -0.3 is 25.5 Å². The number of nitrogens with one attached hydrogen (secondary N) is 4. The van der Waals surface area contributed by atoms with Gasteiger partial charge in [-0.2, -0.15) is 13.2 Å². The smallest absolute Gasteiger partial charge is 0.432 e. The minimum Gasteiger partial charge on any atom is -0.476 e. The zero-order valence-electron chi connectivity index (χ0n) is 16.4. The van der Waals surface area contributed by atoms with Crippen LogP contribution in [0.5, 0.6) is 0 Å². The summed E-state index contributed by atoms with van der Waals surface area (Å²) in [5.41, 5.74) is 0.231. The molecule has 0 bridgehead atoms. The number of alkyl halides is 3. The molecular formula is C19H20ClF3N6O2. The lowest BCUT2D eigenvalue weighted by atomic mass is 10.2. The fourth-order valence-corrected chi connectivity index (χ4v) is 2.35. The minimum absolute atomic E-state index is 0.0132. The molecule has 1 heterocycles. The van der Waals surface area contributed by atoms with Crippen LogP contribution in [0.4, 0.5) is 24.7 Å². The second-order valence-electron chi connectivity index (χ2n) is 6.02. The molecule has 0 aliphatic rings. The van der Waals surface area contributed by atoms with E-state index in [1.165, 1.54) is 13.3 Å². The van der Waals surface area contributed by atoms with Gasteiger partial charge in [-0.1, -0.05) is 12.1 Å². The van der Waals surface area contributed by atoms with Gasteiger partial charge in [0.25, 0.3) is 0 Å². The van der Waals surface area contributed by atoms with Gasteiger partial charge in [-0.3, -0.25) is 5.41 Å². The van der Waals surface area contributed by atoms with Gasteiger partial charge in [0.05, 0.1) is 12.2 Å². The van der Waals surface area contributed by atoms with Gasteiger partial charge in [-0.15, -0.1) is 0 Å². The highest BCUT2D eigenvalue weighted by Gasteiger charge is 2.33. The number of benzene rings is 1. The maximum absolute atomic E-state index is 12.7. The average molecular weight is 457 g/mol.